The molecule has 158 valence electrons. The van der Waals surface area contributed by atoms with Gasteiger partial charge in [0.15, 0.2) is 11.6 Å². The summed E-state index contributed by atoms with van der Waals surface area (Å²) in [5, 5.41) is 9.57. The molecule has 0 amide bonds. The third-order valence-corrected chi connectivity index (χ3v) is 5.21. The highest BCUT2D eigenvalue weighted by Crippen LogP contribution is 2.37. The molecule has 0 saturated carbocycles. The van der Waals surface area contributed by atoms with E-state index in [0.717, 1.165) is 22.8 Å². The number of carbonyl (C=O) groups excluding carboxylic acids is 1. The van der Waals surface area contributed by atoms with E-state index < -0.39 is 29.6 Å². The topological polar surface area (TPSA) is 68.5 Å². The Balaban J connectivity index is 2.12. The first kappa shape index (κ1) is 21.7. The lowest BCUT2D eigenvalue weighted by Gasteiger charge is -2.10. The number of ether oxygens (including phenoxy) is 1. The van der Waals surface area contributed by atoms with Gasteiger partial charge in [0.25, 0.3) is 5.91 Å². The van der Waals surface area contributed by atoms with Crippen molar-refractivity contribution in [2.75, 3.05) is 7.11 Å². The van der Waals surface area contributed by atoms with Gasteiger partial charge in [-0.3, -0.25) is 14.2 Å². The van der Waals surface area contributed by atoms with E-state index in [2.05, 4.69) is 0 Å². The van der Waals surface area contributed by atoms with Crippen molar-refractivity contribution in [3.8, 4) is 5.75 Å². The maximum Gasteiger partial charge on any atom is 0.446 e. The number of hydrogen-bond acceptors (Lipinski definition) is 4. The number of carboxylic acid groups (broad SMARTS) is 1. The van der Waals surface area contributed by atoms with Crippen molar-refractivity contribution in [1.82, 2.24) is 4.57 Å². The Morgan fingerprint density at radius 3 is 2.33 bits per heavy atom. The predicted molar refractivity (Wildman–Crippen MR) is 103 cm³/mol. The molecule has 0 aliphatic heterocycles. The summed E-state index contributed by atoms with van der Waals surface area (Å²) in [6.45, 7) is 1.52. The van der Waals surface area contributed by atoms with Gasteiger partial charge in [0.1, 0.15) is 0 Å². The lowest BCUT2D eigenvalue weighted by atomic mass is 10.1. The minimum Gasteiger partial charge on any atom is -0.494 e. The van der Waals surface area contributed by atoms with Crippen molar-refractivity contribution in [1.29, 1.82) is 0 Å². The van der Waals surface area contributed by atoms with E-state index in [9.17, 15) is 32.3 Å². The minimum atomic E-state index is -4.46. The standard InChI is InChI=1S/C20H15F4NO4S/c1-10-13(8-18(26)27)14-7-17(29-2)15(21)9-16(14)25(10)19(28)11-3-5-12(6-4-11)30-20(22,23)24/h3-7,9H,8H2,1-2H3,(H,26,27). The van der Waals surface area contributed by atoms with Crippen LogP contribution in [0.2, 0.25) is 0 Å². The van der Waals surface area contributed by atoms with E-state index in [4.69, 9.17) is 4.74 Å². The number of benzene rings is 2. The van der Waals surface area contributed by atoms with Gasteiger partial charge in [-0.1, -0.05) is 0 Å². The molecule has 1 heterocycles. The number of hydrogen-bond donors (Lipinski definition) is 1. The van der Waals surface area contributed by atoms with E-state index in [1.165, 1.54) is 32.2 Å². The van der Waals surface area contributed by atoms with E-state index in [1.54, 1.807) is 0 Å². The minimum absolute atomic E-state index is 0.0691. The molecule has 0 radical (unpaired) electrons. The molecule has 0 atom stereocenters. The van der Waals surface area contributed by atoms with Gasteiger partial charge in [-0.15, -0.1) is 0 Å². The van der Waals surface area contributed by atoms with Crippen molar-refractivity contribution in [3.05, 3.63) is 59.0 Å². The molecule has 30 heavy (non-hydrogen) atoms. The zero-order valence-electron chi connectivity index (χ0n) is 15.7. The highest BCUT2D eigenvalue weighted by Gasteiger charge is 2.29. The number of aliphatic carboxylic acids is 1. The number of carboxylic acids is 1. The van der Waals surface area contributed by atoms with Gasteiger partial charge in [-0.05, 0) is 54.6 Å². The molecule has 0 bridgehead atoms. The van der Waals surface area contributed by atoms with Crippen LogP contribution in [-0.4, -0.2) is 34.2 Å². The fraction of sp³-hybridized carbons (Fsp3) is 0.200. The molecule has 0 aliphatic rings. The Morgan fingerprint density at radius 2 is 1.80 bits per heavy atom. The van der Waals surface area contributed by atoms with Crippen LogP contribution in [0.3, 0.4) is 0 Å². The van der Waals surface area contributed by atoms with Crippen LogP contribution in [0.15, 0.2) is 41.3 Å². The molecule has 0 spiro atoms. The summed E-state index contributed by atoms with van der Waals surface area (Å²) in [6, 6.07) is 7.18. The highest BCUT2D eigenvalue weighted by molar-refractivity contribution is 8.00. The van der Waals surface area contributed by atoms with Crippen LogP contribution in [0.4, 0.5) is 17.6 Å². The molecule has 10 heteroatoms. The molecule has 0 aliphatic carbocycles. The van der Waals surface area contributed by atoms with E-state index in [-0.39, 0.29) is 33.5 Å². The third-order valence-electron chi connectivity index (χ3n) is 4.47. The molecule has 3 rings (SSSR count). The zero-order chi connectivity index (χ0) is 22.2. The summed E-state index contributed by atoms with van der Waals surface area (Å²) < 4.78 is 57.9. The van der Waals surface area contributed by atoms with E-state index in [1.807, 2.05) is 0 Å². The first-order valence-corrected chi connectivity index (χ1v) is 9.33. The van der Waals surface area contributed by atoms with E-state index in [0.29, 0.717) is 16.6 Å². The maximum atomic E-state index is 14.3. The summed E-state index contributed by atoms with van der Waals surface area (Å²) in [5.74, 6) is -2.61. The summed E-state index contributed by atoms with van der Waals surface area (Å²) in [7, 11) is 1.26. The van der Waals surface area contributed by atoms with Gasteiger partial charge in [0, 0.05) is 27.6 Å². The maximum absolute atomic E-state index is 14.3. The number of carbonyl (C=O) groups is 2. The largest absolute Gasteiger partial charge is 0.494 e. The second-order valence-electron chi connectivity index (χ2n) is 6.35. The summed E-state index contributed by atoms with van der Waals surface area (Å²) in [5.41, 5.74) is -3.64. The highest BCUT2D eigenvalue weighted by atomic mass is 32.2. The van der Waals surface area contributed by atoms with Crippen molar-refractivity contribution in [3.63, 3.8) is 0 Å². The Labute approximate surface area is 172 Å². The molecule has 1 aromatic heterocycles. The first-order valence-electron chi connectivity index (χ1n) is 8.51. The number of rotatable bonds is 5. The van der Waals surface area contributed by atoms with Gasteiger partial charge in [0.05, 0.1) is 19.0 Å². The lowest BCUT2D eigenvalue weighted by molar-refractivity contribution is -0.136. The average molecular weight is 441 g/mol. The number of fused-ring (bicyclic) bond motifs is 1. The second-order valence-corrected chi connectivity index (χ2v) is 7.49. The molecule has 2 aromatic carbocycles. The Kier molecular flexibility index (Phi) is 5.80. The molecule has 5 nitrogen and oxygen atoms in total. The van der Waals surface area contributed by atoms with Gasteiger partial charge in [0.2, 0.25) is 0 Å². The molecule has 0 unspecified atom stereocenters. The Bertz CT molecular complexity index is 1140. The molecular weight excluding hydrogens is 426 g/mol. The van der Waals surface area contributed by atoms with Crippen LogP contribution in [0.5, 0.6) is 5.75 Å². The number of methoxy groups -OCH3 is 1. The second kappa shape index (κ2) is 8.02. The lowest BCUT2D eigenvalue weighted by Crippen LogP contribution is -2.14. The third kappa shape index (κ3) is 4.28. The smallest absolute Gasteiger partial charge is 0.446 e. The zero-order valence-corrected chi connectivity index (χ0v) is 16.5. The van der Waals surface area contributed by atoms with Crippen molar-refractivity contribution < 1.29 is 37.0 Å². The summed E-state index contributed by atoms with van der Waals surface area (Å²) >= 11 is -0.307. The van der Waals surface area contributed by atoms with Gasteiger partial charge >= 0.3 is 11.5 Å². The van der Waals surface area contributed by atoms with Gasteiger partial charge in [-0.25, -0.2) is 4.39 Å². The van der Waals surface area contributed by atoms with Crippen LogP contribution >= 0.6 is 11.8 Å². The quantitative estimate of drug-likeness (QED) is 0.445. The molecular formula is C20H15F4NO4S. The van der Waals surface area contributed by atoms with Gasteiger partial charge in [-0.2, -0.15) is 13.2 Å². The normalized spacial score (nSPS) is 11.7. The van der Waals surface area contributed by atoms with Crippen LogP contribution in [0.25, 0.3) is 10.9 Å². The number of halogens is 4. The van der Waals surface area contributed by atoms with Crippen molar-refractivity contribution in [2.45, 2.75) is 23.7 Å². The molecule has 3 aromatic rings. The average Bonchev–Trinajstić information content (AvgIpc) is 2.90. The Hall–Kier alpha value is -3.01. The molecule has 1 N–H and O–H groups in total. The van der Waals surface area contributed by atoms with Crippen molar-refractivity contribution in [2.24, 2.45) is 0 Å². The van der Waals surface area contributed by atoms with Crippen LogP contribution in [0.1, 0.15) is 21.6 Å². The molecule has 0 fully saturated rings. The van der Waals surface area contributed by atoms with Crippen LogP contribution in [-0.2, 0) is 11.2 Å². The number of nitrogens with zero attached hydrogens (tertiary/aromatic N) is 1. The Morgan fingerprint density at radius 1 is 1.17 bits per heavy atom. The van der Waals surface area contributed by atoms with E-state index >= 15 is 0 Å². The number of aromatic nitrogens is 1. The van der Waals surface area contributed by atoms with Crippen molar-refractivity contribution >= 4 is 34.5 Å². The van der Waals surface area contributed by atoms with Crippen LogP contribution in [0, 0.1) is 12.7 Å². The van der Waals surface area contributed by atoms with Gasteiger partial charge < -0.3 is 9.84 Å². The fourth-order valence-corrected chi connectivity index (χ4v) is 3.74. The molecule has 0 saturated heterocycles. The fourth-order valence-electron chi connectivity index (χ4n) is 3.20. The predicted octanol–water partition coefficient (Wildman–Crippen LogP) is 5.02. The number of thioether (sulfide) groups is 1. The SMILES string of the molecule is COc1cc2c(CC(=O)O)c(C)n(C(=O)c3ccc(SC(F)(F)F)cc3)c2cc1F. The number of alkyl halides is 3. The summed E-state index contributed by atoms with van der Waals surface area (Å²) in [6.07, 6.45) is -0.404. The summed E-state index contributed by atoms with van der Waals surface area (Å²) in [4.78, 5) is 24.3. The first-order chi connectivity index (χ1) is 14.0. The monoisotopic (exact) mass is 441 g/mol. The van der Waals surface area contributed by atoms with Crippen LogP contribution < -0.4 is 4.74 Å².